The van der Waals surface area contributed by atoms with Crippen molar-refractivity contribution >= 4 is 0 Å². The third-order valence-corrected chi connectivity index (χ3v) is 3.55. The molecular formula is C16H37NO. The summed E-state index contributed by atoms with van der Waals surface area (Å²) in [6, 6.07) is 0. The van der Waals surface area contributed by atoms with E-state index in [4.69, 9.17) is 5.11 Å². The van der Waals surface area contributed by atoms with Crippen LogP contribution in [0.1, 0.15) is 66.2 Å². The summed E-state index contributed by atoms with van der Waals surface area (Å²) in [5, 5.41) is 8.41. The summed E-state index contributed by atoms with van der Waals surface area (Å²) >= 11 is 0. The second kappa shape index (κ2) is 15.0. The fourth-order valence-corrected chi connectivity index (χ4v) is 1.60. The molecule has 2 unspecified atom stereocenters. The fourth-order valence-electron chi connectivity index (χ4n) is 1.60. The lowest BCUT2D eigenvalue weighted by Gasteiger charge is -2.11. The Morgan fingerprint density at radius 2 is 1.33 bits per heavy atom. The number of nitrogens with zero attached hydrogens (tertiary/aromatic N) is 1. The van der Waals surface area contributed by atoms with E-state index < -0.39 is 0 Å². The largest absolute Gasteiger partial charge is 0.396 e. The zero-order chi connectivity index (χ0) is 14.4. The molecular weight excluding hydrogens is 222 g/mol. The molecule has 0 amide bonds. The fraction of sp³-hybridized carbons (Fsp3) is 1.00. The number of aliphatic hydroxyl groups is 1. The molecule has 0 aliphatic carbocycles. The third kappa shape index (κ3) is 18.3. The molecule has 0 aromatic carbocycles. The Hall–Kier alpha value is -0.0800. The molecule has 0 bridgehead atoms. The van der Waals surface area contributed by atoms with Crippen LogP contribution in [-0.2, 0) is 0 Å². The summed E-state index contributed by atoms with van der Waals surface area (Å²) in [4.78, 5) is 2.25. The smallest absolute Gasteiger partial charge is 0.0431 e. The minimum Gasteiger partial charge on any atom is -0.396 e. The van der Waals surface area contributed by atoms with Crippen LogP contribution in [0.15, 0.2) is 0 Å². The molecule has 0 aromatic heterocycles. The van der Waals surface area contributed by atoms with Crippen molar-refractivity contribution in [3.8, 4) is 0 Å². The van der Waals surface area contributed by atoms with Crippen molar-refractivity contribution in [3.05, 3.63) is 0 Å². The second-order valence-corrected chi connectivity index (χ2v) is 5.84. The minimum absolute atomic E-state index is 0.352. The highest BCUT2D eigenvalue weighted by Gasteiger charge is 1.97. The van der Waals surface area contributed by atoms with Crippen LogP contribution < -0.4 is 0 Å². The van der Waals surface area contributed by atoms with E-state index in [1.54, 1.807) is 0 Å². The van der Waals surface area contributed by atoms with Crippen LogP contribution in [0.5, 0.6) is 0 Å². The van der Waals surface area contributed by atoms with E-state index in [0.29, 0.717) is 6.61 Å². The van der Waals surface area contributed by atoms with Gasteiger partial charge in [0.25, 0.3) is 0 Å². The van der Waals surface area contributed by atoms with Crippen LogP contribution in [0.25, 0.3) is 0 Å². The molecule has 0 saturated heterocycles. The lowest BCUT2D eigenvalue weighted by Crippen LogP contribution is -2.13. The normalized spacial score (nSPS) is 14.0. The average molecular weight is 259 g/mol. The molecule has 0 heterocycles. The summed E-state index contributed by atoms with van der Waals surface area (Å²) in [6.07, 6.45) is 7.44. The number of hydrogen-bond donors (Lipinski definition) is 1. The van der Waals surface area contributed by atoms with Gasteiger partial charge < -0.3 is 10.0 Å². The standard InChI is InChI=1S/C9H21N.C7H16O/c1-5-9(2)7-6-8-10(3)4;1-3-7(2)5-4-6-8/h9H,5-8H2,1-4H3;7-8H,3-6H2,1-2H3. The molecule has 2 heteroatoms. The van der Waals surface area contributed by atoms with E-state index in [2.05, 4.69) is 46.7 Å². The first-order valence-electron chi connectivity index (χ1n) is 7.73. The van der Waals surface area contributed by atoms with Gasteiger partial charge >= 0.3 is 0 Å². The van der Waals surface area contributed by atoms with Gasteiger partial charge in [0.15, 0.2) is 0 Å². The van der Waals surface area contributed by atoms with Crippen molar-refractivity contribution in [2.75, 3.05) is 27.2 Å². The first kappa shape index (κ1) is 20.2. The van der Waals surface area contributed by atoms with E-state index >= 15 is 0 Å². The van der Waals surface area contributed by atoms with Crippen molar-refractivity contribution in [3.63, 3.8) is 0 Å². The Bertz CT molecular complexity index is 148. The first-order valence-corrected chi connectivity index (χ1v) is 7.73. The molecule has 0 rings (SSSR count). The van der Waals surface area contributed by atoms with Crippen LogP contribution in [-0.4, -0.2) is 37.3 Å². The van der Waals surface area contributed by atoms with Gasteiger partial charge in [-0.25, -0.2) is 0 Å². The van der Waals surface area contributed by atoms with Gasteiger partial charge in [0.05, 0.1) is 0 Å². The zero-order valence-electron chi connectivity index (χ0n) is 13.7. The highest BCUT2D eigenvalue weighted by Crippen LogP contribution is 2.08. The van der Waals surface area contributed by atoms with Crippen molar-refractivity contribution in [1.82, 2.24) is 4.90 Å². The van der Waals surface area contributed by atoms with Crippen LogP contribution in [0.2, 0.25) is 0 Å². The Morgan fingerprint density at radius 1 is 0.889 bits per heavy atom. The van der Waals surface area contributed by atoms with Crippen molar-refractivity contribution in [1.29, 1.82) is 0 Å². The maximum atomic E-state index is 8.41. The molecule has 1 N–H and O–H groups in total. The van der Waals surface area contributed by atoms with E-state index in [1.165, 1.54) is 38.6 Å². The lowest BCUT2D eigenvalue weighted by molar-refractivity contribution is 0.273. The van der Waals surface area contributed by atoms with E-state index in [-0.39, 0.29) is 0 Å². The Morgan fingerprint density at radius 3 is 1.67 bits per heavy atom. The topological polar surface area (TPSA) is 23.5 Å². The highest BCUT2D eigenvalue weighted by molar-refractivity contribution is 4.52. The SMILES string of the molecule is CCC(C)CCCN(C)C.CCC(C)CCCO. The Labute approximate surface area is 116 Å². The highest BCUT2D eigenvalue weighted by atomic mass is 16.2. The molecule has 2 nitrogen and oxygen atoms in total. The maximum Gasteiger partial charge on any atom is 0.0431 e. The predicted octanol–water partition coefficient (Wildman–Crippen LogP) is 4.18. The summed E-state index contributed by atoms with van der Waals surface area (Å²) in [6.45, 7) is 10.6. The van der Waals surface area contributed by atoms with Gasteiger partial charge in [0.1, 0.15) is 0 Å². The van der Waals surface area contributed by atoms with E-state index in [1.807, 2.05) is 0 Å². The molecule has 2 atom stereocenters. The monoisotopic (exact) mass is 259 g/mol. The van der Waals surface area contributed by atoms with Gasteiger partial charge in [-0.1, -0.05) is 40.5 Å². The molecule has 0 saturated carbocycles. The van der Waals surface area contributed by atoms with Crippen LogP contribution in [0, 0.1) is 11.8 Å². The molecule has 0 aliphatic rings. The molecule has 0 radical (unpaired) electrons. The first-order chi connectivity index (χ1) is 8.47. The molecule has 0 aliphatic heterocycles. The quantitative estimate of drug-likeness (QED) is 0.671. The summed E-state index contributed by atoms with van der Waals surface area (Å²) < 4.78 is 0. The molecule has 0 fully saturated rings. The number of hydrogen-bond acceptors (Lipinski definition) is 2. The summed E-state index contributed by atoms with van der Waals surface area (Å²) in [5.74, 6) is 1.71. The van der Waals surface area contributed by atoms with E-state index in [0.717, 1.165) is 18.3 Å². The van der Waals surface area contributed by atoms with Gasteiger partial charge in [0, 0.05) is 6.61 Å². The Balaban J connectivity index is 0. The van der Waals surface area contributed by atoms with Crippen molar-refractivity contribution < 1.29 is 5.11 Å². The average Bonchev–Trinajstić information content (AvgIpc) is 2.35. The van der Waals surface area contributed by atoms with Crippen LogP contribution >= 0.6 is 0 Å². The minimum atomic E-state index is 0.352. The lowest BCUT2D eigenvalue weighted by atomic mass is 10.0. The number of aliphatic hydroxyl groups excluding tert-OH is 1. The third-order valence-electron chi connectivity index (χ3n) is 3.55. The van der Waals surface area contributed by atoms with Crippen LogP contribution in [0.3, 0.4) is 0 Å². The summed E-state index contributed by atoms with van der Waals surface area (Å²) in [7, 11) is 4.27. The molecule has 112 valence electrons. The maximum absolute atomic E-state index is 8.41. The van der Waals surface area contributed by atoms with Gasteiger partial charge in [-0.05, 0) is 58.2 Å². The Kier molecular flexibility index (Phi) is 16.8. The van der Waals surface area contributed by atoms with Crippen molar-refractivity contribution in [2.45, 2.75) is 66.2 Å². The van der Waals surface area contributed by atoms with E-state index in [9.17, 15) is 0 Å². The van der Waals surface area contributed by atoms with Gasteiger partial charge in [-0.2, -0.15) is 0 Å². The second-order valence-electron chi connectivity index (χ2n) is 5.84. The van der Waals surface area contributed by atoms with Gasteiger partial charge in [-0.15, -0.1) is 0 Å². The molecule has 0 aromatic rings. The summed E-state index contributed by atoms with van der Waals surface area (Å²) in [5.41, 5.74) is 0. The molecule has 18 heavy (non-hydrogen) atoms. The van der Waals surface area contributed by atoms with Crippen molar-refractivity contribution in [2.24, 2.45) is 11.8 Å². The molecule has 0 spiro atoms. The zero-order valence-corrected chi connectivity index (χ0v) is 13.7. The van der Waals surface area contributed by atoms with Crippen LogP contribution in [0.4, 0.5) is 0 Å². The predicted molar refractivity (Wildman–Crippen MR) is 83.0 cm³/mol. The van der Waals surface area contributed by atoms with Gasteiger partial charge in [0.2, 0.25) is 0 Å². The van der Waals surface area contributed by atoms with Gasteiger partial charge in [-0.3, -0.25) is 0 Å². The number of rotatable bonds is 9.